The third kappa shape index (κ3) is 3.64. The van der Waals surface area contributed by atoms with Gasteiger partial charge < -0.3 is 15.2 Å². The highest BCUT2D eigenvalue weighted by atomic mass is 16.1. The van der Waals surface area contributed by atoms with Crippen molar-refractivity contribution in [1.82, 2.24) is 15.2 Å². The molecular formula is C20H27N3O. The molecule has 0 atom stereocenters. The predicted octanol–water partition coefficient (Wildman–Crippen LogP) is 3.33. The number of benzene rings is 1. The Morgan fingerprint density at radius 1 is 1.17 bits per heavy atom. The minimum atomic E-state index is 0.0178. The van der Waals surface area contributed by atoms with E-state index < -0.39 is 0 Å². The zero-order chi connectivity index (χ0) is 16.5. The van der Waals surface area contributed by atoms with Gasteiger partial charge in [-0.2, -0.15) is 0 Å². The Kier molecular flexibility index (Phi) is 4.31. The van der Waals surface area contributed by atoms with Crippen LogP contribution in [0.15, 0.2) is 24.3 Å². The lowest BCUT2D eigenvalue weighted by molar-refractivity contribution is 0.0931. The molecule has 4 nitrogen and oxygen atoms in total. The Morgan fingerprint density at radius 3 is 2.71 bits per heavy atom. The molecule has 0 unspecified atom stereocenters. The maximum absolute atomic E-state index is 12.4. The van der Waals surface area contributed by atoms with Crippen LogP contribution in [0.2, 0.25) is 0 Å². The van der Waals surface area contributed by atoms with E-state index in [-0.39, 0.29) is 5.91 Å². The minimum Gasteiger partial charge on any atom is -0.351 e. The van der Waals surface area contributed by atoms with Crippen LogP contribution in [0, 0.1) is 18.8 Å². The number of nitrogens with one attached hydrogen (secondary N) is 2. The topological polar surface area (TPSA) is 48.1 Å². The molecule has 1 saturated carbocycles. The van der Waals surface area contributed by atoms with Gasteiger partial charge >= 0.3 is 0 Å². The molecule has 128 valence electrons. The van der Waals surface area contributed by atoms with Gasteiger partial charge in [0.25, 0.3) is 5.91 Å². The number of aromatic nitrogens is 1. The first-order valence-corrected chi connectivity index (χ1v) is 9.27. The number of H-pyrrole nitrogens is 1. The van der Waals surface area contributed by atoms with Crippen molar-refractivity contribution in [1.29, 1.82) is 0 Å². The van der Waals surface area contributed by atoms with Crippen LogP contribution >= 0.6 is 0 Å². The number of piperidine rings is 1. The maximum atomic E-state index is 12.4. The van der Waals surface area contributed by atoms with E-state index >= 15 is 0 Å². The van der Waals surface area contributed by atoms with Crippen LogP contribution in [0.5, 0.6) is 0 Å². The highest BCUT2D eigenvalue weighted by molar-refractivity contribution is 5.98. The second-order valence-electron chi connectivity index (χ2n) is 7.67. The monoisotopic (exact) mass is 325 g/mol. The number of carbonyl (C=O) groups excluding carboxylic acids is 1. The van der Waals surface area contributed by atoms with E-state index in [4.69, 9.17) is 0 Å². The van der Waals surface area contributed by atoms with E-state index in [2.05, 4.69) is 34.3 Å². The molecule has 1 aromatic carbocycles. The normalized spacial score (nSPS) is 19.7. The largest absolute Gasteiger partial charge is 0.351 e. The lowest BCUT2D eigenvalue weighted by Crippen LogP contribution is -2.39. The number of likely N-dealkylation sites (tertiary alicyclic amines) is 1. The van der Waals surface area contributed by atoms with Crippen LogP contribution in [0.3, 0.4) is 0 Å². The van der Waals surface area contributed by atoms with Crippen molar-refractivity contribution in [2.24, 2.45) is 11.8 Å². The van der Waals surface area contributed by atoms with Gasteiger partial charge in [-0.3, -0.25) is 4.79 Å². The number of fused-ring (bicyclic) bond motifs is 1. The molecule has 0 radical (unpaired) electrons. The molecule has 4 rings (SSSR count). The summed E-state index contributed by atoms with van der Waals surface area (Å²) in [5.41, 5.74) is 2.91. The van der Waals surface area contributed by atoms with Crippen molar-refractivity contribution >= 4 is 16.8 Å². The number of hydrogen-bond acceptors (Lipinski definition) is 2. The molecule has 4 heteroatoms. The minimum absolute atomic E-state index is 0.0178. The maximum Gasteiger partial charge on any atom is 0.267 e. The summed E-state index contributed by atoms with van der Waals surface area (Å²) in [5, 5.41) is 4.23. The van der Waals surface area contributed by atoms with Crippen molar-refractivity contribution in [3.63, 3.8) is 0 Å². The highest BCUT2D eigenvalue weighted by Gasteiger charge is 2.27. The lowest BCUT2D eigenvalue weighted by atomic mass is 9.96. The Balaban J connectivity index is 1.28. The average molecular weight is 325 g/mol. The summed E-state index contributed by atoms with van der Waals surface area (Å²) in [5.74, 6) is 1.62. The van der Waals surface area contributed by atoms with Crippen LogP contribution < -0.4 is 5.32 Å². The summed E-state index contributed by atoms with van der Waals surface area (Å²) in [6.45, 7) is 6.56. The van der Waals surface area contributed by atoms with Gasteiger partial charge in [-0.05, 0) is 75.7 Å². The summed E-state index contributed by atoms with van der Waals surface area (Å²) in [4.78, 5) is 18.2. The van der Waals surface area contributed by atoms with Gasteiger partial charge in [0, 0.05) is 24.0 Å². The number of carbonyl (C=O) groups is 1. The van der Waals surface area contributed by atoms with Crippen LogP contribution in [0.25, 0.3) is 10.9 Å². The number of aromatic amines is 1. The summed E-state index contributed by atoms with van der Waals surface area (Å²) in [6, 6.07) is 8.17. The molecule has 2 heterocycles. The summed E-state index contributed by atoms with van der Waals surface area (Å²) in [6.07, 6.45) is 5.28. The second kappa shape index (κ2) is 6.60. The Morgan fingerprint density at radius 2 is 1.96 bits per heavy atom. The first kappa shape index (κ1) is 15.7. The molecule has 1 amide bonds. The van der Waals surface area contributed by atoms with Gasteiger partial charge in [0.05, 0.1) is 0 Å². The number of hydrogen-bond donors (Lipinski definition) is 2. The van der Waals surface area contributed by atoms with Gasteiger partial charge in [-0.15, -0.1) is 0 Å². The molecule has 1 saturated heterocycles. The van der Waals surface area contributed by atoms with Gasteiger partial charge in [0.2, 0.25) is 0 Å². The van der Waals surface area contributed by atoms with E-state index in [0.717, 1.165) is 23.4 Å². The quantitative estimate of drug-likeness (QED) is 0.886. The fourth-order valence-corrected chi connectivity index (χ4v) is 3.75. The molecule has 0 bridgehead atoms. The molecule has 2 fully saturated rings. The standard InChI is InChI=1S/C20H27N3O/c1-14-2-5-18-17(10-14)11-19(22-18)20(24)21-12-15-6-8-23(9-7-15)13-16-3-4-16/h2,5,10-11,15-16,22H,3-4,6-9,12-13H2,1H3,(H,21,24). The molecule has 1 aromatic heterocycles. The fraction of sp³-hybridized carbons (Fsp3) is 0.550. The summed E-state index contributed by atoms with van der Waals surface area (Å²) in [7, 11) is 0. The third-order valence-corrected chi connectivity index (χ3v) is 5.49. The highest BCUT2D eigenvalue weighted by Crippen LogP contribution is 2.31. The molecule has 24 heavy (non-hydrogen) atoms. The van der Waals surface area contributed by atoms with Crippen LogP contribution in [-0.4, -0.2) is 42.0 Å². The zero-order valence-electron chi connectivity index (χ0n) is 14.5. The van der Waals surface area contributed by atoms with Crippen LogP contribution in [0.4, 0.5) is 0 Å². The Hall–Kier alpha value is -1.81. The smallest absolute Gasteiger partial charge is 0.267 e. The predicted molar refractivity (Wildman–Crippen MR) is 97.3 cm³/mol. The van der Waals surface area contributed by atoms with Crippen molar-refractivity contribution in [2.75, 3.05) is 26.2 Å². The molecule has 2 aromatic rings. The van der Waals surface area contributed by atoms with E-state index in [1.54, 1.807) is 0 Å². The SMILES string of the molecule is Cc1ccc2[nH]c(C(=O)NCC3CCN(CC4CC4)CC3)cc2c1. The van der Waals surface area contributed by atoms with Crippen LogP contribution in [0.1, 0.15) is 41.7 Å². The van der Waals surface area contributed by atoms with Crippen molar-refractivity contribution in [3.05, 3.63) is 35.5 Å². The summed E-state index contributed by atoms with van der Waals surface area (Å²) >= 11 is 0. The van der Waals surface area contributed by atoms with Gasteiger partial charge in [-0.25, -0.2) is 0 Å². The first-order chi connectivity index (χ1) is 11.7. The number of amides is 1. The average Bonchev–Trinajstić information content (AvgIpc) is 3.29. The zero-order valence-corrected chi connectivity index (χ0v) is 14.5. The molecule has 2 N–H and O–H groups in total. The molecule has 2 aliphatic rings. The van der Waals surface area contributed by atoms with Gasteiger partial charge in [-0.1, -0.05) is 11.6 Å². The molecular weight excluding hydrogens is 298 g/mol. The van der Waals surface area contributed by atoms with E-state index in [0.29, 0.717) is 11.6 Å². The molecule has 0 spiro atoms. The number of rotatable bonds is 5. The molecule has 1 aliphatic heterocycles. The van der Waals surface area contributed by atoms with E-state index in [1.807, 2.05) is 12.1 Å². The van der Waals surface area contributed by atoms with Crippen molar-refractivity contribution in [2.45, 2.75) is 32.6 Å². The Labute approximate surface area is 143 Å². The van der Waals surface area contributed by atoms with Gasteiger partial charge in [0.15, 0.2) is 0 Å². The molecule has 1 aliphatic carbocycles. The Bertz CT molecular complexity index is 724. The first-order valence-electron chi connectivity index (χ1n) is 9.27. The van der Waals surface area contributed by atoms with E-state index in [1.165, 1.54) is 50.9 Å². The van der Waals surface area contributed by atoms with Gasteiger partial charge in [0.1, 0.15) is 5.69 Å². The second-order valence-corrected chi connectivity index (χ2v) is 7.67. The number of nitrogens with zero attached hydrogens (tertiary/aromatic N) is 1. The fourth-order valence-electron chi connectivity index (χ4n) is 3.75. The van der Waals surface area contributed by atoms with Crippen LogP contribution in [-0.2, 0) is 0 Å². The summed E-state index contributed by atoms with van der Waals surface area (Å²) < 4.78 is 0. The number of aryl methyl sites for hydroxylation is 1. The lowest BCUT2D eigenvalue weighted by Gasteiger charge is -2.32. The van der Waals surface area contributed by atoms with E-state index in [9.17, 15) is 4.79 Å². The van der Waals surface area contributed by atoms with Crippen molar-refractivity contribution < 1.29 is 4.79 Å². The third-order valence-electron chi connectivity index (χ3n) is 5.49. The van der Waals surface area contributed by atoms with Crippen molar-refractivity contribution in [3.8, 4) is 0 Å².